The van der Waals surface area contributed by atoms with Crippen LogP contribution in [-0.2, 0) is 17.6 Å². The van der Waals surface area contributed by atoms with E-state index in [0.29, 0.717) is 13.2 Å². The summed E-state index contributed by atoms with van der Waals surface area (Å²) in [5.74, 6) is 1.73. The van der Waals surface area contributed by atoms with E-state index < -0.39 is 0 Å². The molecule has 2 aromatic rings. The summed E-state index contributed by atoms with van der Waals surface area (Å²) in [4.78, 5) is 12.3. The summed E-state index contributed by atoms with van der Waals surface area (Å²) in [6, 6.07) is 7.90. The van der Waals surface area contributed by atoms with E-state index in [0.717, 1.165) is 47.6 Å². The third-order valence-electron chi connectivity index (χ3n) is 4.33. The highest BCUT2D eigenvalue weighted by Gasteiger charge is 2.25. The zero-order valence-corrected chi connectivity index (χ0v) is 13.6. The second-order valence-corrected chi connectivity index (χ2v) is 6.02. The van der Waals surface area contributed by atoms with Gasteiger partial charge in [-0.15, -0.1) is 0 Å². The number of amides is 1. The Balaban J connectivity index is 1.45. The maximum absolute atomic E-state index is 12.3. The van der Waals surface area contributed by atoms with Crippen molar-refractivity contribution in [2.75, 3.05) is 13.2 Å². The fourth-order valence-corrected chi connectivity index (χ4v) is 2.98. The summed E-state index contributed by atoms with van der Waals surface area (Å²) in [5, 5.41) is 6.96. The summed E-state index contributed by atoms with van der Waals surface area (Å²) in [7, 11) is 0. The summed E-state index contributed by atoms with van der Waals surface area (Å²) in [6.45, 7) is 4.97. The molecule has 0 fully saturated rings. The summed E-state index contributed by atoms with van der Waals surface area (Å²) in [6.07, 6.45) is 2.48. The Bertz CT molecular complexity index is 674. The number of benzene rings is 1. The molecule has 0 radical (unpaired) electrons. The largest absolute Gasteiger partial charge is 0.492 e. The lowest BCUT2D eigenvalue weighted by Gasteiger charge is -2.24. The van der Waals surface area contributed by atoms with Crippen molar-refractivity contribution in [3.63, 3.8) is 0 Å². The van der Waals surface area contributed by atoms with Crippen molar-refractivity contribution in [3.05, 3.63) is 46.8 Å². The van der Waals surface area contributed by atoms with Gasteiger partial charge in [0.1, 0.15) is 18.1 Å². The van der Waals surface area contributed by atoms with Gasteiger partial charge in [-0.2, -0.15) is 0 Å². The van der Waals surface area contributed by atoms with Crippen LogP contribution < -0.4 is 10.1 Å². The fraction of sp³-hybridized carbons (Fsp3) is 0.444. The van der Waals surface area contributed by atoms with Crippen molar-refractivity contribution in [2.24, 2.45) is 5.92 Å². The molecular weight excluding hydrogens is 292 g/mol. The number of fused-ring (bicyclic) bond motifs is 1. The molecule has 1 amide bonds. The smallest absolute Gasteiger partial charge is 0.226 e. The van der Waals surface area contributed by atoms with E-state index in [-0.39, 0.29) is 11.8 Å². The molecule has 3 rings (SSSR count). The molecule has 122 valence electrons. The van der Waals surface area contributed by atoms with E-state index in [1.165, 1.54) is 0 Å². The first-order chi connectivity index (χ1) is 11.1. The van der Waals surface area contributed by atoms with Crippen LogP contribution in [0, 0.1) is 19.8 Å². The van der Waals surface area contributed by atoms with E-state index >= 15 is 0 Å². The molecule has 1 aromatic carbocycles. The summed E-state index contributed by atoms with van der Waals surface area (Å²) < 4.78 is 10.8. The second kappa shape index (κ2) is 6.86. The Labute approximate surface area is 136 Å². The van der Waals surface area contributed by atoms with Gasteiger partial charge >= 0.3 is 0 Å². The predicted octanol–water partition coefficient (Wildman–Crippen LogP) is 2.59. The molecule has 0 unspecified atom stereocenters. The van der Waals surface area contributed by atoms with Crippen molar-refractivity contribution in [2.45, 2.75) is 33.1 Å². The minimum absolute atomic E-state index is 0.0678. The van der Waals surface area contributed by atoms with Gasteiger partial charge in [0.25, 0.3) is 0 Å². The molecule has 5 heteroatoms. The third kappa shape index (κ3) is 3.55. The number of carbonyl (C=O) groups is 1. The van der Waals surface area contributed by atoms with Gasteiger partial charge in [-0.25, -0.2) is 0 Å². The van der Waals surface area contributed by atoms with Crippen LogP contribution in [0.3, 0.4) is 0 Å². The number of aryl methyl sites for hydroxylation is 2. The molecule has 0 saturated heterocycles. The van der Waals surface area contributed by atoms with Gasteiger partial charge in [0, 0.05) is 12.1 Å². The highest BCUT2D eigenvalue weighted by molar-refractivity contribution is 5.79. The SMILES string of the molecule is Cc1noc(C)c1CCCNC(=O)[C@@H]1COc2ccccc2C1. The van der Waals surface area contributed by atoms with Gasteiger partial charge in [0.05, 0.1) is 11.6 Å². The normalized spacial score (nSPS) is 16.5. The number of hydrogen-bond acceptors (Lipinski definition) is 4. The number of nitrogens with one attached hydrogen (secondary N) is 1. The zero-order chi connectivity index (χ0) is 16.2. The van der Waals surface area contributed by atoms with Crippen LogP contribution in [0.5, 0.6) is 5.75 Å². The second-order valence-electron chi connectivity index (χ2n) is 6.02. The first-order valence-electron chi connectivity index (χ1n) is 8.05. The first-order valence-corrected chi connectivity index (χ1v) is 8.05. The molecule has 23 heavy (non-hydrogen) atoms. The van der Waals surface area contributed by atoms with Gasteiger partial charge in [0.2, 0.25) is 5.91 Å². The molecule has 0 aliphatic carbocycles. The molecule has 1 aromatic heterocycles. The predicted molar refractivity (Wildman–Crippen MR) is 86.4 cm³/mol. The van der Waals surface area contributed by atoms with Gasteiger partial charge in [-0.3, -0.25) is 4.79 Å². The fourth-order valence-electron chi connectivity index (χ4n) is 2.98. The molecule has 1 aliphatic heterocycles. The van der Waals surface area contributed by atoms with E-state index in [1.54, 1.807) is 0 Å². The van der Waals surface area contributed by atoms with Crippen LogP contribution in [0.25, 0.3) is 0 Å². The van der Waals surface area contributed by atoms with Crippen LogP contribution in [0.4, 0.5) is 0 Å². The molecule has 0 saturated carbocycles. The number of carbonyl (C=O) groups excluding carboxylic acids is 1. The van der Waals surface area contributed by atoms with Crippen molar-refractivity contribution < 1.29 is 14.1 Å². The maximum Gasteiger partial charge on any atom is 0.226 e. The quantitative estimate of drug-likeness (QED) is 0.862. The van der Waals surface area contributed by atoms with Crippen LogP contribution in [0.2, 0.25) is 0 Å². The lowest BCUT2D eigenvalue weighted by molar-refractivity contribution is -0.126. The number of nitrogens with zero attached hydrogens (tertiary/aromatic N) is 1. The molecule has 0 spiro atoms. The molecule has 2 heterocycles. The number of hydrogen-bond donors (Lipinski definition) is 1. The zero-order valence-electron chi connectivity index (χ0n) is 13.6. The Morgan fingerprint density at radius 3 is 2.96 bits per heavy atom. The Morgan fingerprint density at radius 1 is 1.35 bits per heavy atom. The minimum atomic E-state index is -0.107. The topological polar surface area (TPSA) is 64.4 Å². The number of ether oxygens (including phenoxy) is 1. The number of rotatable bonds is 5. The number of aromatic nitrogens is 1. The first kappa shape index (κ1) is 15.6. The van der Waals surface area contributed by atoms with Crippen molar-refractivity contribution in [1.29, 1.82) is 0 Å². The average molecular weight is 314 g/mol. The van der Waals surface area contributed by atoms with E-state index in [2.05, 4.69) is 10.5 Å². The van der Waals surface area contributed by atoms with Gasteiger partial charge in [0.15, 0.2) is 0 Å². The molecule has 5 nitrogen and oxygen atoms in total. The Hall–Kier alpha value is -2.30. The van der Waals surface area contributed by atoms with Crippen molar-refractivity contribution >= 4 is 5.91 Å². The Kier molecular flexibility index (Phi) is 4.65. The van der Waals surface area contributed by atoms with Crippen LogP contribution in [0.15, 0.2) is 28.8 Å². The van der Waals surface area contributed by atoms with Crippen LogP contribution in [-0.4, -0.2) is 24.2 Å². The molecular formula is C18H22N2O3. The van der Waals surface area contributed by atoms with E-state index in [4.69, 9.17) is 9.26 Å². The van der Waals surface area contributed by atoms with E-state index in [1.807, 2.05) is 38.1 Å². The third-order valence-corrected chi connectivity index (χ3v) is 4.33. The molecule has 0 bridgehead atoms. The van der Waals surface area contributed by atoms with Crippen LogP contribution in [0.1, 0.15) is 29.0 Å². The summed E-state index contributed by atoms with van der Waals surface area (Å²) >= 11 is 0. The highest BCUT2D eigenvalue weighted by Crippen LogP contribution is 2.26. The van der Waals surface area contributed by atoms with Gasteiger partial charge < -0.3 is 14.6 Å². The van der Waals surface area contributed by atoms with Crippen molar-refractivity contribution in [1.82, 2.24) is 10.5 Å². The Morgan fingerprint density at radius 2 is 2.17 bits per heavy atom. The van der Waals surface area contributed by atoms with Crippen molar-refractivity contribution in [3.8, 4) is 5.75 Å². The minimum Gasteiger partial charge on any atom is -0.492 e. The van der Waals surface area contributed by atoms with Gasteiger partial charge in [-0.1, -0.05) is 23.4 Å². The molecule has 1 atom stereocenters. The maximum atomic E-state index is 12.3. The van der Waals surface area contributed by atoms with Crippen LogP contribution >= 0.6 is 0 Å². The van der Waals surface area contributed by atoms with E-state index in [9.17, 15) is 4.79 Å². The average Bonchev–Trinajstić information content (AvgIpc) is 2.89. The lowest BCUT2D eigenvalue weighted by atomic mass is 9.96. The summed E-state index contributed by atoms with van der Waals surface area (Å²) in [5.41, 5.74) is 3.19. The number of para-hydroxylation sites is 1. The highest BCUT2D eigenvalue weighted by atomic mass is 16.5. The lowest BCUT2D eigenvalue weighted by Crippen LogP contribution is -2.37. The monoisotopic (exact) mass is 314 g/mol. The molecule has 1 aliphatic rings. The van der Waals surface area contributed by atoms with Gasteiger partial charge in [-0.05, 0) is 44.7 Å². The standard InChI is InChI=1S/C18H22N2O3/c1-12-16(13(2)23-20-12)7-5-9-19-18(21)15-10-14-6-3-4-8-17(14)22-11-15/h3-4,6,8,15H,5,7,9-11H2,1-2H3,(H,19,21)/t15-/m0/s1. The molecule has 1 N–H and O–H groups in total.